The average Bonchev–Trinajstić information content (AvgIpc) is 3.12. The molecule has 0 unspecified atom stereocenters. The number of aliphatic hydroxyl groups excluding tert-OH is 1. The van der Waals surface area contributed by atoms with Crippen molar-refractivity contribution in [3.63, 3.8) is 0 Å². The monoisotopic (exact) mass is 409 g/mol. The van der Waals surface area contributed by atoms with Crippen molar-refractivity contribution in [3.05, 3.63) is 51.9 Å². The molecule has 2 aromatic heterocycles. The summed E-state index contributed by atoms with van der Waals surface area (Å²) in [6, 6.07) is 7.59. The van der Waals surface area contributed by atoms with Crippen molar-refractivity contribution >= 4 is 28.3 Å². The molecular formula is C22H27N5O3. The summed E-state index contributed by atoms with van der Waals surface area (Å²) in [6.45, 7) is 1.96. The highest BCUT2D eigenvalue weighted by Gasteiger charge is 2.22. The number of nitrogens with one attached hydrogen (secondary N) is 3. The van der Waals surface area contributed by atoms with Crippen molar-refractivity contribution in [1.29, 1.82) is 0 Å². The van der Waals surface area contributed by atoms with Crippen molar-refractivity contribution in [2.45, 2.75) is 45.1 Å². The van der Waals surface area contributed by atoms with Gasteiger partial charge in [0.15, 0.2) is 5.82 Å². The third kappa shape index (κ3) is 3.95. The standard InChI is InChI=1S/C22H27N5O3/c1-14-13-15(7-8-17(14)21(29)24-11-12-28)25-20-19-18(9-10-23-22(19)30)27(26-20)16-5-3-2-4-6-16/h7-10,13,16,28H,2-6,11-12H2,1H3,(H,23,30)(H,24,29)(H,25,26). The molecule has 8 heteroatoms. The Morgan fingerprint density at radius 3 is 2.80 bits per heavy atom. The summed E-state index contributed by atoms with van der Waals surface area (Å²) < 4.78 is 2.00. The maximum Gasteiger partial charge on any atom is 0.261 e. The number of carbonyl (C=O) groups is 1. The molecule has 1 aliphatic carbocycles. The first-order chi connectivity index (χ1) is 14.6. The van der Waals surface area contributed by atoms with Gasteiger partial charge in [0.2, 0.25) is 0 Å². The highest BCUT2D eigenvalue weighted by Crippen LogP contribution is 2.33. The van der Waals surface area contributed by atoms with Gasteiger partial charge in [-0.1, -0.05) is 19.3 Å². The molecule has 1 fully saturated rings. The molecule has 30 heavy (non-hydrogen) atoms. The summed E-state index contributed by atoms with van der Waals surface area (Å²) in [5.74, 6) is 0.297. The van der Waals surface area contributed by atoms with Crippen LogP contribution in [0.1, 0.15) is 54.1 Å². The molecule has 0 atom stereocenters. The van der Waals surface area contributed by atoms with Crippen LogP contribution in [-0.4, -0.2) is 38.9 Å². The van der Waals surface area contributed by atoms with Crippen LogP contribution in [0, 0.1) is 6.92 Å². The minimum Gasteiger partial charge on any atom is -0.395 e. The number of hydrogen-bond donors (Lipinski definition) is 4. The number of nitrogens with zero attached hydrogens (tertiary/aromatic N) is 2. The SMILES string of the molecule is Cc1cc(Nc2nn(C3CCCCC3)c3cc[nH]c(=O)c23)ccc1C(=O)NCCO. The van der Waals surface area contributed by atoms with Crippen LogP contribution >= 0.6 is 0 Å². The van der Waals surface area contributed by atoms with E-state index in [9.17, 15) is 9.59 Å². The van der Waals surface area contributed by atoms with E-state index in [2.05, 4.69) is 15.6 Å². The Morgan fingerprint density at radius 2 is 2.07 bits per heavy atom. The zero-order valence-electron chi connectivity index (χ0n) is 17.1. The molecule has 8 nitrogen and oxygen atoms in total. The summed E-state index contributed by atoms with van der Waals surface area (Å²) in [4.78, 5) is 27.5. The van der Waals surface area contributed by atoms with Crippen LogP contribution in [0.3, 0.4) is 0 Å². The van der Waals surface area contributed by atoms with Gasteiger partial charge in [0.05, 0.1) is 18.2 Å². The smallest absolute Gasteiger partial charge is 0.261 e. The Hall–Kier alpha value is -3.13. The van der Waals surface area contributed by atoms with Crippen LogP contribution in [-0.2, 0) is 0 Å². The van der Waals surface area contributed by atoms with Gasteiger partial charge in [0.25, 0.3) is 11.5 Å². The second-order valence-electron chi connectivity index (χ2n) is 7.79. The van der Waals surface area contributed by atoms with Crippen molar-refractivity contribution in [2.24, 2.45) is 0 Å². The number of carbonyl (C=O) groups excluding carboxylic acids is 1. The summed E-state index contributed by atoms with van der Waals surface area (Å²) in [7, 11) is 0. The van der Waals surface area contributed by atoms with Gasteiger partial charge in [-0.15, -0.1) is 0 Å². The molecule has 1 aromatic carbocycles. The number of benzene rings is 1. The van der Waals surface area contributed by atoms with Gasteiger partial charge in [0.1, 0.15) is 5.39 Å². The van der Waals surface area contributed by atoms with Crippen LogP contribution in [0.2, 0.25) is 0 Å². The van der Waals surface area contributed by atoms with E-state index >= 15 is 0 Å². The van der Waals surface area contributed by atoms with Crippen LogP contribution in [0.4, 0.5) is 11.5 Å². The Bertz CT molecular complexity index is 1110. The Labute approximate surface area is 174 Å². The van der Waals surface area contributed by atoms with Gasteiger partial charge in [-0.25, -0.2) is 0 Å². The van der Waals surface area contributed by atoms with Gasteiger partial charge in [-0.2, -0.15) is 5.10 Å². The van der Waals surface area contributed by atoms with Crippen LogP contribution in [0.5, 0.6) is 0 Å². The Balaban J connectivity index is 1.66. The van der Waals surface area contributed by atoms with E-state index in [1.165, 1.54) is 19.3 Å². The van der Waals surface area contributed by atoms with E-state index in [0.29, 0.717) is 22.8 Å². The number of aromatic amines is 1. The lowest BCUT2D eigenvalue weighted by Gasteiger charge is -2.22. The summed E-state index contributed by atoms with van der Waals surface area (Å²) >= 11 is 0. The van der Waals surface area contributed by atoms with Crippen LogP contribution < -0.4 is 16.2 Å². The minimum atomic E-state index is -0.225. The zero-order chi connectivity index (χ0) is 21.1. The van der Waals surface area contributed by atoms with Gasteiger partial charge in [-0.3, -0.25) is 14.3 Å². The number of anilines is 2. The van der Waals surface area contributed by atoms with Crippen molar-refractivity contribution in [2.75, 3.05) is 18.5 Å². The Morgan fingerprint density at radius 1 is 1.27 bits per heavy atom. The number of H-pyrrole nitrogens is 1. The van der Waals surface area contributed by atoms with Crippen LogP contribution in [0.25, 0.3) is 10.9 Å². The fraction of sp³-hybridized carbons (Fsp3) is 0.409. The van der Waals surface area contributed by atoms with E-state index in [0.717, 1.165) is 29.6 Å². The molecule has 4 N–H and O–H groups in total. The molecule has 0 aliphatic heterocycles. The second kappa shape index (κ2) is 8.71. The third-order valence-electron chi connectivity index (χ3n) is 5.68. The zero-order valence-corrected chi connectivity index (χ0v) is 17.1. The lowest BCUT2D eigenvalue weighted by molar-refractivity contribution is 0.0944. The first-order valence-electron chi connectivity index (χ1n) is 10.4. The first kappa shape index (κ1) is 20.2. The number of rotatable bonds is 6. The average molecular weight is 409 g/mol. The highest BCUT2D eigenvalue weighted by molar-refractivity contribution is 5.96. The molecule has 1 aliphatic rings. The van der Waals surface area contributed by atoms with Crippen molar-refractivity contribution in [1.82, 2.24) is 20.1 Å². The number of hydrogen-bond acceptors (Lipinski definition) is 5. The quantitative estimate of drug-likeness (QED) is 0.500. The minimum absolute atomic E-state index is 0.101. The number of pyridine rings is 1. The van der Waals surface area contributed by atoms with Gasteiger partial charge in [0, 0.05) is 24.0 Å². The topological polar surface area (TPSA) is 112 Å². The van der Waals surface area contributed by atoms with Crippen LogP contribution in [0.15, 0.2) is 35.3 Å². The summed E-state index contributed by atoms with van der Waals surface area (Å²) in [5.41, 5.74) is 2.76. The molecular weight excluding hydrogens is 382 g/mol. The number of aryl methyl sites for hydroxylation is 1. The van der Waals surface area contributed by atoms with Gasteiger partial charge < -0.3 is 20.7 Å². The molecule has 4 rings (SSSR count). The first-order valence-corrected chi connectivity index (χ1v) is 10.4. The molecule has 2 heterocycles. The van der Waals surface area contributed by atoms with Gasteiger partial charge >= 0.3 is 0 Å². The maximum absolute atomic E-state index is 12.6. The molecule has 1 saturated carbocycles. The number of fused-ring (bicyclic) bond motifs is 1. The van der Waals surface area contributed by atoms with E-state index in [1.54, 1.807) is 18.3 Å². The molecule has 0 bridgehead atoms. The van der Waals surface area contributed by atoms with E-state index in [1.807, 2.05) is 23.7 Å². The third-order valence-corrected chi connectivity index (χ3v) is 5.68. The normalized spacial score (nSPS) is 14.7. The fourth-order valence-electron chi connectivity index (χ4n) is 4.19. The molecule has 0 radical (unpaired) electrons. The number of amides is 1. The maximum atomic E-state index is 12.6. The van der Waals surface area contributed by atoms with Gasteiger partial charge in [-0.05, 0) is 49.6 Å². The summed E-state index contributed by atoms with van der Waals surface area (Å²) in [5, 5.41) is 20.1. The van der Waals surface area contributed by atoms with E-state index in [4.69, 9.17) is 10.2 Å². The van der Waals surface area contributed by atoms with Crippen molar-refractivity contribution in [3.8, 4) is 0 Å². The predicted molar refractivity (Wildman–Crippen MR) is 116 cm³/mol. The largest absolute Gasteiger partial charge is 0.395 e. The molecule has 3 aromatic rings. The highest BCUT2D eigenvalue weighted by atomic mass is 16.3. The second-order valence-corrected chi connectivity index (χ2v) is 7.79. The number of aliphatic hydroxyl groups is 1. The number of aromatic nitrogens is 3. The predicted octanol–water partition coefficient (Wildman–Crippen LogP) is 3.00. The Kier molecular flexibility index (Phi) is 5.85. The molecule has 0 saturated heterocycles. The molecule has 158 valence electrons. The molecule has 0 spiro atoms. The van der Waals surface area contributed by atoms with E-state index in [-0.39, 0.29) is 24.6 Å². The van der Waals surface area contributed by atoms with E-state index < -0.39 is 0 Å². The van der Waals surface area contributed by atoms with Crippen molar-refractivity contribution < 1.29 is 9.90 Å². The fourth-order valence-corrected chi connectivity index (χ4v) is 4.19. The lowest BCUT2D eigenvalue weighted by Crippen LogP contribution is -2.26. The lowest BCUT2D eigenvalue weighted by atomic mass is 9.95. The summed E-state index contributed by atoms with van der Waals surface area (Å²) in [6.07, 6.45) is 7.41. The molecule has 1 amide bonds.